The van der Waals surface area contributed by atoms with E-state index in [0.717, 1.165) is 22.7 Å². The monoisotopic (exact) mass is 249 g/mol. The van der Waals surface area contributed by atoms with Gasteiger partial charge in [-0.2, -0.15) is 0 Å². The number of carbonyl (C=O) groups excluding carboxylic acids is 1. The molecule has 0 amide bonds. The molecule has 0 saturated heterocycles. The summed E-state index contributed by atoms with van der Waals surface area (Å²) in [6.45, 7) is 5.96. The maximum absolute atomic E-state index is 11.3. The highest BCUT2D eigenvalue weighted by atomic mass is 16.5. The summed E-state index contributed by atoms with van der Waals surface area (Å²) in [6, 6.07) is 5.67. The molecule has 0 aliphatic rings. The Bertz CT molecular complexity index is 452. The number of hydrogen-bond acceptors (Lipinski definition) is 4. The molecular weight excluding hydrogens is 230 g/mol. The number of ether oxygens (including phenoxy) is 2. The summed E-state index contributed by atoms with van der Waals surface area (Å²) in [7, 11) is 1.61. The van der Waals surface area contributed by atoms with E-state index in [1.54, 1.807) is 14.0 Å². The Morgan fingerprint density at radius 1 is 1.39 bits per heavy atom. The van der Waals surface area contributed by atoms with Gasteiger partial charge in [0.1, 0.15) is 5.75 Å². The van der Waals surface area contributed by atoms with E-state index in [9.17, 15) is 4.79 Å². The quantitative estimate of drug-likeness (QED) is 0.595. The SMILES string of the molecule is CCOC(=O)CC(C)=Nc1cc(OC)ccc1C. The number of esters is 1. The van der Waals surface area contributed by atoms with Gasteiger partial charge in [0.15, 0.2) is 0 Å². The van der Waals surface area contributed by atoms with Gasteiger partial charge in [-0.05, 0) is 32.4 Å². The summed E-state index contributed by atoms with van der Waals surface area (Å²) in [5.74, 6) is 0.502. The van der Waals surface area contributed by atoms with Crippen molar-refractivity contribution in [3.8, 4) is 5.75 Å². The second kappa shape index (κ2) is 6.79. The van der Waals surface area contributed by atoms with Crippen LogP contribution in [-0.4, -0.2) is 25.4 Å². The Balaban J connectivity index is 2.84. The molecule has 0 aromatic heterocycles. The maximum atomic E-state index is 11.3. The molecule has 0 heterocycles. The number of benzene rings is 1. The van der Waals surface area contributed by atoms with E-state index in [1.807, 2.05) is 32.0 Å². The highest BCUT2D eigenvalue weighted by Crippen LogP contribution is 2.24. The predicted molar refractivity (Wildman–Crippen MR) is 71.8 cm³/mol. The van der Waals surface area contributed by atoms with Gasteiger partial charge < -0.3 is 9.47 Å². The van der Waals surface area contributed by atoms with Crippen LogP contribution in [0.15, 0.2) is 23.2 Å². The zero-order chi connectivity index (χ0) is 13.5. The number of hydrogen-bond donors (Lipinski definition) is 0. The van der Waals surface area contributed by atoms with Crippen molar-refractivity contribution in [3.63, 3.8) is 0 Å². The molecule has 1 aromatic carbocycles. The third kappa shape index (κ3) is 4.20. The molecule has 0 aliphatic heterocycles. The van der Waals surface area contributed by atoms with Gasteiger partial charge in [-0.1, -0.05) is 6.07 Å². The number of nitrogens with zero attached hydrogens (tertiary/aromatic N) is 1. The lowest BCUT2D eigenvalue weighted by atomic mass is 10.2. The van der Waals surface area contributed by atoms with E-state index in [1.165, 1.54) is 0 Å². The first kappa shape index (κ1) is 14.2. The van der Waals surface area contributed by atoms with Gasteiger partial charge in [-0.15, -0.1) is 0 Å². The second-order valence-corrected chi connectivity index (χ2v) is 3.98. The molecule has 4 heteroatoms. The van der Waals surface area contributed by atoms with Crippen molar-refractivity contribution in [1.82, 2.24) is 0 Å². The van der Waals surface area contributed by atoms with E-state index in [4.69, 9.17) is 9.47 Å². The van der Waals surface area contributed by atoms with E-state index in [-0.39, 0.29) is 12.4 Å². The van der Waals surface area contributed by atoms with Gasteiger partial charge in [-0.3, -0.25) is 9.79 Å². The minimum Gasteiger partial charge on any atom is -0.497 e. The van der Waals surface area contributed by atoms with Crippen molar-refractivity contribution in [2.24, 2.45) is 4.99 Å². The highest BCUT2D eigenvalue weighted by molar-refractivity contribution is 5.98. The Morgan fingerprint density at radius 2 is 2.11 bits per heavy atom. The molecular formula is C14H19NO3. The molecule has 0 bridgehead atoms. The Labute approximate surface area is 108 Å². The molecule has 0 N–H and O–H groups in total. The standard InChI is InChI=1S/C14H19NO3/c1-5-18-14(16)8-11(3)15-13-9-12(17-4)7-6-10(13)2/h6-7,9H,5,8H2,1-4H3. The van der Waals surface area contributed by atoms with Crippen molar-refractivity contribution in [3.05, 3.63) is 23.8 Å². The fraction of sp³-hybridized carbons (Fsp3) is 0.429. The fourth-order valence-electron chi connectivity index (χ4n) is 1.50. The summed E-state index contributed by atoms with van der Waals surface area (Å²) in [4.78, 5) is 15.7. The number of carbonyl (C=O) groups is 1. The van der Waals surface area contributed by atoms with Crippen LogP contribution in [0.2, 0.25) is 0 Å². The van der Waals surface area contributed by atoms with E-state index >= 15 is 0 Å². The molecule has 1 rings (SSSR count). The van der Waals surface area contributed by atoms with Crippen LogP contribution in [0.4, 0.5) is 5.69 Å². The van der Waals surface area contributed by atoms with Gasteiger partial charge in [0.05, 0.1) is 25.8 Å². The van der Waals surface area contributed by atoms with Crippen LogP contribution < -0.4 is 4.74 Å². The van der Waals surface area contributed by atoms with Gasteiger partial charge in [0, 0.05) is 11.8 Å². The first-order valence-corrected chi connectivity index (χ1v) is 5.91. The largest absolute Gasteiger partial charge is 0.497 e. The minimum absolute atomic E-state index is 0.213. The normalized spacial score (nSPS) is 11.2. The molecule has 0 unspecified atom stereocenters. The zero-order valence-corrected chi connectivity index (χ0v) is 11.3. The molecule has 0 radical (unpaired) electrons. The third-order valence-electron chi connectivity index (χ3n) is 2.43. The summed E-state index contributed by atoms with van der Waals surface area (Å²) in [5.41, 5.74) is 2.58. The van der Waals surface area contributed by atoms with Crippen LogP contribution in [0.3, 0.4) is 0 Å². The maximum Gasteiger partial charge on any atom is 0.311 e. The Hall–Kier alpha value is -1.84. The average Bonchev–Trinajstić information content (AvgIpc) is 2.32. The minimum atomic E-state index is -0.251. The molecule has 0 aliphatic carbocycles. The summed E-state index contributed by atoms with van der Waals surface area (Å²) in [5, 5.41) is 0. The molecule has 0 spiro atoms. The van der Waals surface area contributed by atoms with Crippen molar-refractivity contribution in [2.75, 3.05) is 13.7 Å². The Morgan fingerprint density at radius 3 is 2.72 bits per heavy atom. The van der Waals surface area contributed by atoms with Crippen LogP contribution in [0.25, 0.3) is 0 Å². The topological polar surface area (TPSA) is 47.9 Å². The predicted octanol–water partition coefficient (Wildman–Crippen LogP) is 3.05. The van der Waals surface area contributed by atoms with Crippen LogP contribution in [0, 0.1) is 6.92 Å². The van der Waals surface area contributed by atoms with Crippen molar-refractivity contribution in [1.29, 1.82) is 0 Å². The number of aryl methyl sites for hydroxylation is 1. The smallest absolute Gasteiger partial charge is 0.311 e. The molecule has 1 aromatic rings. The number of rotatable bonds is 5. The van der Waals surface area contributed by atoms with E-state index in [2.05, 4.69) is 4.99 Å². The second-order valence-electron chi connectivity index (χ2n) is 3.98. The summed E-state index contributed by atoms with van der Waals surface area (Å²) in [6.07, 6.45) is 0.213. The van der Waals surface area contributed by atoms with Crippen molar-refractivity contribution in [2.45, 2.75) is 27.2 Å². The molecule has 4 nitrogen and oxygen atoms in total. The third-order valence-corrected chi connectivity index (χ3v) is 2.43. The molecule has 0 fully saturated rings. The lowest BCUT2D eigenvalue weighted by Crippen LogP contribution is -2.08. The highest BCUT2D eigenvalue weighted by Gasteiger charge is 2.05. The van der Waals surface area contributed by atoms with Gasteiger partial charge >= 0.3 is 5.97 Å². The molecule has 98 valence electrons. The van der Waals surface area contributed by atoms with E-state index in [0.29, 0.717) is 6.61 Å². The number of methoxy groups -OCH3 is 1. The van der Waals surface area contributed by atoms with Crippen LogP contribution >= 0.6 is 0 Å². The lowest BCUT2D eigenvalue weighted by Gasteiger charge is -2.06. The van der Waals surface area contributed by atoms with Crippen molar-refractivity contribution >= 4 is 17.4 Å². The average molecular weight is 249 g/mol. The first-order chi connectivity index (χ1) is 8.56. The van der Waals surface area contributed by atoms with Crippen LogP contribution in [0.1, 0.15) is 25.8 Å². The Kier molecular flexibility index (Phi) is 5.36. The lowest BCUT2D eigenvalue weighted by molar-refractivity contribution is -0.141. The van der Waals surface area contributed by atoms with E-state index < -0.39 is 0 Å². The van der Waals surface area contributed by atoms with Gasteiger partial charge in [0.2, 0.25) is 0 Å². The molecule has 0 atom stereocenters. The van der Waals surface area contributed by atoms with Crippen molar-refractivity contribution < 1.29 is 14.3 Å². The van der Waals surface area contributed by atoms with Crippen LogP contribution in [0.5, 0.6) is 5.75 Å². The summed E-state index contributed by atoms with van der Waals surface area (Å²) >= 11 is 0. The zero-order valence-electron chi connectivity index (χ0n) is 11.3. The summed E-state index contributed by atoms with van der Waals surface area (Å²) < 4.78 is 10.0. The van der Waals surface area contributed by atoms with Gasteiger partial charge in [0.25, 0.3) is 0 Å². The molecule has 0 saturated carbocycles. The molecule has 18 heavy (non-hydrogen) atoms. The first-order valence-electron chi connectivity index (χ1n) is 5.91. The van der Waals surface area contributed by atoms with Crippen LogP contribution in [-0.2, 0) is 9.53 Å². The van der Waals surface area contributed by atoms with Gasteiger partial charge in [-0.25, -0.2) is 0 Å². The number of aliphatic imine (C=N–C) groups is 1. The fourth-order valence-corrected chi connectivity index (χ4v) is 1.50.